The summed E-state index contributed by atoms with van der Waals surface area (Å²) >= 11 is 10.7. The fraction of sp³-hybridized carbons (Fsp3) is 0.300. The van der Waals surface area contributed by atoms with E-state index in [0.29, 0.717) is 5.56 Å². The van der Waals surface area contributed by atoms with Gasteiger partial charge < -0.3 is 0 Å². The maximum Gasteiger partial charge on any atom is 0.181 e. The number of halogens is 2. The average Bonchev–Trinajstić information content (AvgIpc) is 2.16. The normalized spacial score (nSPS) is 12.6. The quantitative estimate of drug-likeness (QED) is 0.476. The minimum absolute atomic E-state index is 0.0498. The van der Waals surface area contributed by atoms with Gasteiger partial charge in [-0.3, -0.25) is 4.79 Å². The first-order chi connectivity index (χ1) is 6.56. The Bertz CT molecular complexity index is 352. The summed E-state index contributed by atoms with van der Waals surface area (Å²) in [6.07, 6.45) is 1.99. The molecule has 1 unspecified atom stereocenters. The monoisotopic (exact) mass is 292 g/mol. The number of carbonyl (C=O) groups is 1. The van der Waals surface area contributed by atoms with Gasteiger partial charge in [-0.2, -0.15) is 0 Å². The number of hydrogen-bond donors (Lipinski definition) is 0. The lowest BCUT2D eigenvalue weighted by Crippen LogP contribution is -2.10. The molecule has 0 spiro atoms. The number of thioether (sulfide) groups is 1. The molecule has 76 valence electrons. The van der Waals surface area contributed by atoms with Crippen molar-refractivity contribution in [2.75, 3.05) is 6.26 Å². The molecule has 14 heavy (non-hydrogen) atoms. The first-order valence-corrected chi connectivity index (χ1v) is 6.53. The van der Waals surface area contributed by atoms with Gasteiger partial charge in [0.25, 0.3) is 0 Å². The number of hydrogen-bond acceptors (Lipinski definition) is 2. The van der Waals surface area contributed by atoms with Gasteiger partial charge in [-0.25, -0.2) is 0 Å². The molecular weight excluding hydrogens is 284 g/mol. The predicted molar refractivity (Wildman–Crippen MR) is 65.6 cm³/mol. The number of ketones is 1. The highest BCUT2D eigenvalue weighted by Crippen LogP contribution is 2.25. The van der Waals surface area contributed by atoms with Crippen LogP contribution in [-0.2, 0) is 0 Å². The van der Waals surface area contributed by atoms with Crippen molar-refractivity contribution in [2.45, 2.75) is 17.2 Å². The summed E-state index contributed by atoms with van der Waals surface area (Å²) in [7, 11) is 0. The standard InChI is InChI=1S/C10H10BrClOS/c1-6(12)10(13)8-4-3-7(14-2)5-9(8)11/h3-6H,1-2H3. The molecule has 0 amide bonds. The molecular formula is C10H10BrClOS. The molecule has 0 aliphatic carbocycles. The van der Waals surface area contributed by atoms with Crippen molar-refractivity contribution in [3.8, 4) is 0 Å². The van der Waals surface area contributed by atoms with Crippen molar-refractivity contribution in [1.82, 2.24) is 0 Å². The maximum absolute atomic E-state index is 11.6. The Balaban J connectivity index is 3.06. The van der Waals surface area contributed by atoms with E-state index in [4.69, 9.17) is 11.6 Å². The van der Waals surface area contributed by atoms with Crippen LogP contribution in [0.2, 0.25) is 0 Å². The molecule has 0 radical (unpaired) electrons. The van der Waals surface area contributed by atoms with Gasteiger partial charge in [-0.05, 0) is 31.4 Å². The van der Waals surface area contributed by atoms with E-state index in [1.165, 1.54) is 0 Å². The smallest absolute Gasteiger partial charge is 0.181 e. The van der Waals surface area contributed by atoms with Gasteiger partial charge in [-0.15, -0.1) is 23.4 Å². The predicted octanol–water partition coefficient (Wildman–Crippen LogP) is 3.98. The molecule has 1 aromatic rings. The number of benzene rings is 1. The third-order valence-corrected chi connectivity index (χ3v) is 3.38. The third-order valence-electron chi connectivity index (χ3n) is 1.80. The fourth-order valence-corrected chi connectivity index (χ4v) is 2.32. The molecule has 1 aromatic carbocycles. The lowest BCUT2D eigenvalue weighted by molar-refractivity contribution is 0.0991. The Morgan fingerprint density at radius 2 is 2.21 bits per heavy atom. The highest BCUT2D eigenvalue weighted by atomic mass is 79.9. The molecule has 0 saturated heterocycles. The Kier molecular flexibility index (Phi) is 4.48. The van der Waals surface area contributed by atoms with Crippen molar-refractivity contribution in [2.24, 2.45) is 0 Å². The SMILES string of the molecule is CSc1ccc(C(=O)C(C)Cl)c(Br)c1. The molecule has 1 rings (SSSR count). The molecule has 0 aromatic heterocycles. The van der Waals surface area contributed by atoms with E-state index in [0.717, 1.165) is 9.37 Å². The van der Waals surface area contributed by atoms with Crippen LogP contribution in [-0.4, -0.2) is 17.4 Å². The van der Waals surface area contributed by atoms with Gasteiger partial charge in [-0.1, -0.05) is 15.9 Å². The van der Waals surface area contributed by atoms with Crippen LogP contribution < -0.4 is 0 Å². The van der Waals surface area contributed by atoms with Gasteiger partial charge in [0.05, 0.1) is 5.38 Å². The van der Waals surface area contributed by atoms with Crippen LogP contribution in [0.15, 0.2) is 27.6 Å². The second-order valence-electron chi connectivity index (χ2n) is 2.83. The molecule has 0 fully saturated rings. The number of rotatable bonds is 3. The molecule has 0 bridgehead atoms. The highest BCUT2D eigenvalue weighted by Gasteiger charge is 2.15. The molecule has 4 heteroatoms. The molecule has 0 aliphatic rings. The molecule has 1 atom stereocenters. The fourth-order valence-electron chi connectivity index (χ4n) is 1.04. The van der Waals surface area contributed by atoms with Crippen LogP contribution in [0.3, 0.4) is 0 Å². The number of alkyl halides is 1. The zero-order chi connectivity index (χ0) is 10.7. The lowest BCUT2D eigenvalue weighted by Gasteiger charge is -2.06. The zero-order valence-electron chi connectivity index (χ0n) is 7.88. The van der Waals surface area contributed by atoms with E-state index in [1.807, 2.05) is 18.4 Å². The summed E-state index contributed by atoms with van der Waals surface area (Å²) in [5, 5.41) is -0.480. The van der Waals surface area contributed by atoms with Crippen molar-refractivity contribution in [3.63, 3.8) is 0 Å². The van der Waals surface area contributed by atoms with Crippen molar-refractivity contribution < 1.29 is 4.79 Å². The Labute approximate surface area is 101 Å². The minimum atomic E-state index is -0.480. The first kappa shape index (κ1) is 12.1. The second-order valence-corrected chi connectivity index (χ2v) is 5.21. The largest absolute Gasteiger partial charge is 0.292 e. The van der Waals surface area contributed by atoms with Gasteiger partial charge >= 0.3 is 0 Å². The van der Waals surface area contributed by atoms with E-state index in [2.05, 4.69) is 15.9 Å². The first-order valence-electron chi connectivity index (χ1n) is 4.08. The van der Waals surface area contributed by atoms with Gasteiger partial charge in [0.2, 0.25) is 0 Å². The van der Waals surface area contributed by atoms with Crippen LogP contribution >= 0.6 is 39.3 Å². The minimum Gasteiger partial charge on any atom is -0.292 e. The van der Waals surface area contributed by atoms with Crippen molar-refractivity contribution >= 4 is 45.1 Å². The molecule has 0 saturated carbocycles. The van der Waals surface area contributed by atoms with Gasteiger partial charge in [0, 0.05) is 14.9 Å². The third kappa shape index (κ3) is 2.75. The van der Waals surface area contributed by atoms with Gasteiger partial charge in [0.1, 0.15) is 0 Å². The highest BCUT2D eigenvalue weighted by molar-refractivity contribution is 9.10. The summed E-state index contributed by atoms with van der Waals surface area (Å²) in [5.74, 6) is -0.0498. The van der Waals surface area contributed by atoms with Crippen molar-refractivity contribution in [3.05, 3.63) is 28.2 Å². The summed E-state index contributed by atoms with van der Waals surface area (Å²) in [6.45, 7) is 1.68. The summed E-state index contributed by atoms with van der Waals surface area (Å²) < 4.78 is 0.807. The molecule has 0 aliphatic heterocycles. The Hall–Kier alpha value is 0.01000. The van der Waals surface area contributed by atoms with Crippen LogP contribution in [0.1, 0.15) is 17.3 Å². The summed E-state index contributed by atoms with van der Waals surface area (Å²) in [5.41, 5.74) is 0.644. The van der Waals surface area contributed by atoms with Crippen molar-refractivity contribution in [1.29, 1.82) is 0 Å². The van der Waals surface area contributed by atoms with E-state index < -0.39 is 5.38 Å². The van der Waals surface area contributed by atoms with Crippen LogP contribution in [0, 0.1) is 0 Å². The number of Topliss-reactive ketones (excluding diaryl/α,β-unsaturated/α-hetero) is 1. The zero-order valence-corrected chi connectivity index (χ0v) is 11.0. The second kappa shape index (κ2) is 5.19. The van der Waals surface area contributed by atoms with E-state index in [1.54, 1.807) is 24.8 Å². The van der Waals surface area contributed by atoms with Crippen LogP contribution in [0.25, 0.3) is 0 Å². The van der Waals surface area contributed by atoms with Gasteiger partial charge in [0.15, 0.2) is 5.78 Å². The van der Waals surface area contributed by atoms with E-state index in [9.17, 15) is 4.79 Å². The molecule has 0 N–H and O–H groups in total. The lowest BCUT2D eigenvalue weighted by atomic mass is 10.1. The molecule has 0 heterocycles. The summed E-state index contributed by atoms with van der Waals surface area (Å²) in [4.78, 5) is 12.7. The maximum atomic E-state index is 11.6. The topological polar surface area (TPSA) is 17.1 Å². The average molecular weight is 294 g/mol. The number of carbonyl (C=O) groups excluding carboxylic acids is 1. The van der Waals surface area contributed by atoms with E-state index in [-0.39, 0.29) is 5.78 Å². The van der Waals surface area contributed by atoms with Crippen LogP contribution in [0.5, 0.6) is 0 Å². The summed E-state index contributed by atoms with van der Waals surface area (Å²) in [6, 6.07) is 5.65. The Morgan fingerprint density at radius 1 is 1.57 bits per heavy atom. The molecule has 1 nitrogen and oxygen atoms in total. The Morgan fingerprint density at radius 3 is 2.64 bits per heavy atom. The van der Waals surface area contributed by atoms with Crippen LogP contribution in [0.4, 0.5) is 0 Å². The van der Waals surface area contributed by atoms with E-state index >= 15 is 0 Å².